The fourth-order valence-corrected chi connectivity index (χ4v) is 3.27. The lowest BCUT2D eigenvalue weighted by molar-refractivity contribution is -0.129. The first-order valence-corrected chi connectivity index (χ1v) is 7.28. The highest BCUT2D eigenvalue weighted by Crippen LogP contribution is 2.31. The molecule has 1 fully saturated rings. The average molecular weight is 264 g/mol. The Morgan fingerprint density at radius 2 is 2.06 bits per heavy atom. The van der Waals surface area contributed by atoms with E-state index in [1.807, 2.05) is 36.9 Å². The third-order valence-corrected chi connectivity index (χ3v) is 4.52. The van der Waals surface area contributed by atoms with Gasteiger partial charge in [-0.25, -0.2) is 0 Å². The Morgan fingerprint density at radius 3 is 2.72 bits per heavy atom. The van der Waals surface area contributed by atoms with E-state index in [1.165, 1.54) is 0 Å². The number of nitrogens with zero attached hydrogens (tertiary/aromatic N) is 1. The summed E-state index contributed by atoms with van der Waals surface area (Å²) in [7, 11) is 0. The number of carbonyl (C=O) groups is 1. The van der Waals surface area contributed by atoms with Crippen molar-refractivity contribution in [3.8, 4) is 0 Å². The van der Waals surface area contributed by atoms with Crippen molar-refractivity contribution in [2.45, 2.75) is 36.8 Å². The molecule has 3 nitrogen and oxygen atoms in total. The maximum Gasteiger partial charge on any atom is 0.235 e. The van der Waals surface area contributed by atoms with Gasteiger partial charge in [0.15, 0.2) is 0 Å². The van der Waals surface area contributed by atoms with Crippen LogP contribution in [0.1, 0.15) is 25.3 Å². The van der Waals surface area contributed by atoms with E-state index in [0.29, 0.717) is 0 Å². The molecular formula is C14H20N2OS. The number of aryl methyl sites for hydroxylation is 1. The number of para-hydroxylation sites is 1. The van der Waals surface area contributed by atoms with Gasteiger partial charge in [-0.15, -0.1) is 11.8 Å². The summed E-state index contributed by atoms with van der Waals surface area (Å²) in [6, 6.07) is 5.97. The van der Waals surface area contributed by atoms with Crippen molar-refractivity contribution in [3.63, 3.8) is 0 Å². The highest BCUT2D eigenvalue weighted by atomic mass is 32.2. The number of rotatable bonds is 3. The Bertz CT molecular complexity index is 441. The van der Waals surface area contributed by atoms with Crippen molar-refractivity contribution in [2.24, 2.45) is 0 Å². The average Bonchev–Trinajstić information content (AvgIpc) is 2.87. The molecule has 0 bridgehead atoms. The summed E-state index contributed by atoms with van der Waals surface area (Å²) >= 11 is 1.56. The summed E-state index contributed by atoms with van der Waals surface area (Å²) < 4.78 is 0. The molecule has 18 heavy (non-hydrogen) atoms. The number of thioether (sulfide) groups is 1. The van der Waals surface area contributed by atoms with Gasteiger partial charge in [-0.3, -0.25) is 4.79 Å². The normalized spacial score (nSPS) is 16.9. The van der Waals surface area contributed by atoms with Crippen LogP contribution in [0.15, 0.2) is 23.1 Å². The third-order valence-electron chi connectivity index (χ3n) is 3.35. The van der Waals surface area contributed by atoms with Crippen LogP contribution in [0, 0.1) is 6.92 Å². The van der Waals surface area contributed by atoms with Gasteiger partial charge in [-0.2, -0.15) is 0 Å². The summed E-state index contributed by atoms with van der Waals surface area (Å²) in [6.45, 7) is 5.78. The van der Waals surface area contributed by atoms with Gasteiger partial charge in [-0.05, 0) is 38.3 Å². The van der Waals surface area contributed by atoms with Gasteiger partial charge < -0.3 is 10.6 Å². The number of likely N-dealkylation sites (tertiary alicyclic amines) is 1. The quantitative estimate of drug-likeness (QED) is 0.674. The SMILES string of the molecule is Cc1cccc(SC(C)C(=O)N2CCCC2)c1N. The lowest BCUT2D eigenvalue weighted by atomic mass is 10.2. The Labute approximate surface area is 113 Å². The number of benzene rings is 1. The van der Waals surface area contributed by atoms with Gasteiger partial charge in [-0.1, -0.05) is 12.1 Å². The molecule has 1 aliphatic heterocycles. The van der Waals surface area contributed by atoms with E-state index in [2.05, 4.69) is 0 Å². The predicted octanol–water partition coefficient (Wildman–Crippen LogP) is 2.68. The Hall–Kier alpha value is -1.16. The molecule has 0 aromatic heterocycles. The van der Waals surface area contributed by atoms with Crippen LogP contribution in [-0.2, 0) is 4.79 Å². The summed E-state index contributed by atoms with van der Waals surface area (Å²) in [6.07, 6.45) is 2.27. The molecular weight excluding hydrogens is 244 g/mol. The summed E-state index contributed by atoms with van der Waals surface area (Å²) in [5, 5.41) is -0.0628. The van der Waals surface area contributed by atoms with Crippen molar-refractivity contribution in [1.29, 1.82) is 0 Å². The molecule has 0 saturated carbocycles. The van der Waals surface area contributed by atoms with Gasteiger partial charge >= 0.3 is 0 Å². The largest absolute Gasteiger partial charge is 0.398 e. The minimum Gasteiger partial charge on any atom is -0.398 e. The molecule has 0 radical (unpaired) electrons. The second kappa shape index (κ2) is 5.65. The highest BCUT2D eigenvalue weighted by Gasteiger charge is 2.24. The molecule has 0 spiro atoms. The van der Waals surface area contributed by atoms with Crippen LogP contribution in [0.25, 0.3) is 0 Å². The number of nitrogens with two attached hydrogens (primary N) is 1. The lowest BCUT2D eigenvalue weighted by Crippen LogP contribution is -2.34. The molecule has 1 aromatic carbocycles. The molecule has 1 unspecified atom stereocenters. The van der Waals surface area contributed by atoms with Gasteiger partial charge in [0.05, 0.1) is 5.25 Å². The van der Waals surface area contributed by atoms with Crippen LogP contribution in [0.3, 0.4) is 0 Å². The van der Waals surface area contributed by atoms with Crippen molar-refractivity contribution in [1.82, 2.24) is 4.90 Å². The van der Waals surface area contributed by atoms with Crippen LogP contribution < -0.4 is 5.73 Å². The second-order valence-corrected chi connectivity index (χ2v) is 6.16. The molecule has 1 amide bonds. The zero-order chi connectivity index (χ0) is 13.1. The first-order valence-electron chi connectivity index (χ1n) is 6.40. The van der Waals surface area contributed by atoms with Gasteiger partial charge in [0.2, 0.25) is 5.91 Å². The van der Waals surface area contributed by atoms with Gasteiger partial charge in [0, 0.05) is 23.7 Å². The van der Waals surface area contributed by atoms with Crippen LogP contribution in [0.5, 0.6) is 0 Å². The van der Waals surface area contributed by atoms with Crippen molar-refractivity contribution < 1.29 is 4.79 Å². The molecule has 2 N–H and O–H groups in total. The summed E-state index contributed by atoms with van der Waals surface area (Å²) in [5.74, 6) is 0.235. The maximum absolute atomic E-state index is 12.2. The summed E-state index contributed by atoms with van der Waals surface area (Å²) in [4.78, 5) is 15.2. The van der Waals surface area contributed by atoms with E-state index in [0.717, 1.165) is 42.1 Å². The first kappa shape index (κ1) is 13.3. The number of hydrogen-bond donors (Lipinski definition) is 1. The molecule has 1 aliphatic rings. The Morgan fingerprint density at radius 1 is 1.39 bits per heavy atom. The van der Waals surface area contributed by atoms with Crippen LogP contribution in [0.2, 0.25) is 0 Å². The lowest BCUT2D eigenvalue weighted by Gasteiger charge is -2.20. The van der Waals surface area contributed by atoms with E-state index in [1.54, 1.807) is 11.8 Å². The van der Waals surface area contributed by atoms with Gasteiger partial charge in [0.25, 0.3) is 0 Å². The fraction of sp³-hybridized carbons (Fsp3) is 0.500. The Kier molecular flexibility index (Phi) is 4.17. The second-order valence-electron chi connectivity index (χ2n) is 4.78. The first-order chi connectivity index (χ1) is 8.59. The number of carbonyl (C=O) groups excluding carboxylic acids is 1. The molecule has 1 saturated heterocycles. The molecule has 1 aromatic rings. The zero-order valence-electron chi connectivity index (χ0n) is 11.0. The topological polar surface area (TPSA) is 46.3 Å². The fourth-order valence-electron chi connectivity index (χ4n) is 2.19. The molecule has 0 aliphatic carbocycles. The maximum atomic E-state index is 12.2. The molecule has 4 heteroatoms. The van der Waals surface area contributed by atoms with Gasteiger partial charge in [0.1, 0.15) is 0 Å². The van der Waals surface area contributed by atoms with E-state index in [9.17, 15) is 4.79 Å². The van der Waals surface area contributed by atoms with Crippen molar-refractivity contribution in [3.05, 3.63) is 23.8 Å². The molecule has 1 atom stereocenters. The third kappa shape index (κ3) is 2.80. The standard InChI is InChI=1S/C14H20N2OS/c1-10-6-5-7-12(13(10)15)18-11(2)14(17)16-8-3-4-9-16/h5-7,11H,3-4,8-9,15H2,1-2H3. The molecule has 1 heterocycles. The van der Waals surface area contributed by atoms with E-state index >= 15 is 0 Å². The zero-order valence-corrected chi connectivity index (χ0v) is 11.8. The van der Waals surface area contributed by atoms with E-state index < -0.39 is 0 Å². The van der Waals surface area contributed by atoms with Crippen molar-refractivity contribution in [2.75, 3.05) is 18.8 Å². The smallest absolute Gasteiger partial charge is 0.235 e. The van der Waals surface area contributed by atoms with E-state index in [-0.39, 0.29) is 11.2 Å². The molecule has 2 rings (SSSR count). The monoisotopic (exact) mass is 264 g/mol. The van der Waals surface area contributed by atoms with Crippen LogP contribution in [0.4, 0.5) is 5.69 Å². The predicted molar refractivity (Wildman–Crippen MR) is 76.7 cm³/mol. The van der Waals surface area contributed by atoms with Crippen molar-refractivity contribution >= 4 is 23.4 Å². The van der Waals surface area contributed by atoms with Crippen LogP contribution >= 0.6 is 11.8 Å². The minimum atomic E-state index is -0.0628. The number of hydrogen-bond acceptors (Lipinski definition) is 3. The summed E-state index contributed by atoms with van der Waals surface area (Å²) in [5.41, 5.74) is 7.90. The van der Waals surface area contributed by atoms with E-state index in [4.69, 9.17) is 5.73 Å². The molecule has 98 valence electrons. The number of anilines is 1. The Balaban J connectivity index is 2.04. The minimum absolute atomic E-state index is 0.0628. The highest BCUT2D eigenvalue weighted by molar-refractivity contribution is 8.00. The number of nitrogen functional groups attached to an aromatic ring is 1. The van der Waals surface area contributed by atoms with Crippen LogP contribution in [-0.4, -0.2) is 29.1 Å². The number of amides is 1.